The first-order chi connectivity index (χ1) is 8.40. The summed E-state index contributed by atoms with van der Waals surface area (Å²) in [5.41, 5.74) is 0. The average Bonchev–Trinajstić information content (AvgIpc) is 2.28. The Labute approximate surface area is 110 Å². The highest BCUT2D eigenvalue weighted by Crippen LogP contribution is 2.14. The van der Waals surface area contributed by atoms with Gasteiger partial charge in [-0.15, -0.1) is 0 Å². The molecule has 0 spiro atoms. The zero-order chi connectivity index (χ0) is 14.0. The van der Waals surface area contributed by atoms with Crippen LogP contribution in [0.4, 0.5) is 0 Å². The smallest absolute Gasteiger partial charge is 0.308 e. The lowest BCUT2D eigenvalue weighted by atomic mass is 10.00. The van der Waals surface area contributed by atoms with E-state index in [1.807, 2.05) is 6.92 Å². The molecule has 0 aromatic heterocycles. The van der Waals surface area contributed by atoms with Crippen molar-refractivity contribution in [3.63, 3.8) is 0 Å². The highest BCUT2D eigenvalue weighted by Gasteiger charge is 2.16. The lowest BCUT2D eigenvalue weighted by Gasteiger charge is -2.13. The molecule has 0 fully saturated rings. The molecule has 0 aromatic carbocycles. The minimum absolute atomic E-state index is 0.0619. The molecular formula is C12H23O5S-. The van der Waals surface area contributed by atoms with E-state index in [1.54, 1.807) is 0 Å². The first-order valence-electron chi connectivity index (χ1n) is 6.50. The quantitative estimate of drug-likeness (QED) is 0.347. The molecule has 0 rings (SSSR count). The van der Waals surface area contributed by atoms with Gasteiger partial charge in [-0.1, -0.05) is 26.7 Å². The van der Waals surface area contributed by atoms with Crippen LogP contribution in [0.15, 0.2) is 0 Å². The van der Waals surface area contributed by atoms with Gasteiger partial charge < -0.3 is 9.29 Å². The molecule has 1 unspecified atom stereocenters. The van der Waals surface area contributed by atoms with E-state index in [9.17, 15) is 17.8 Å². The lowest BCUT2D eigenvalue weighted by molar-refractivity contribution is -0.149. The van der Waals surface area contributed by atoms with Crippen molar-refractivity contribution >= 4 is 16.1 Å². The molecule has 0 aromatic rings. The van der Waals surface area contributed by atoms with Crippen LogP contribution in [0.2, 0.25) is 0 Å². The van der Waals surface area contributed by atoms with Gasteiger partial charge in [0.2, 0.25) is 0 Å². The molecule has 0 radical (unpaired) electrons. The van der Waals surface area contributed by atoms with Crippen LogP contribution in [0.25, 0.3) is 0 Å². The van der Waals surface area contributed by atoms with Crippen molar-refractivity contribution in [1.82, 2.24) is 0 Å². The van der Waals surface area contributed by atoms with E-state index in [2.05, 4.69) is 6.92 Å². The second-order valence-corrected chi connectivity index (χ2v) is 5.91. The fraction of sp³-hybridized carbons (Fsp3) is 0.917. The van der Waals surface area contributed by atoms with Gasteiger partial charge in [-0.3, -0.25) is 4.79 Å². The maximum atomic E-state index is 11.6. The summed E-state index contributed by atoms with van der Waals surface area (Å²) in [4.78, 5) is 11.6. The number of hydrogen-bond donors (Lipinski definition) is 0. The summed E-state index contributed by atoms with van der Waals surface area (Å²) in [7, 11) is -4.15. The van der Waals surface area contributed by atoms with Gasteiger partial charge in [-0.25, -0.2) is 8.42 Å². The maximum Gasteiger partial charge on any atom is 0.308 e. The predicted octanol–water partition coefficient (Wildman–Crippen LogP) is 2.07. The van der Waals surface area contributed by atoms with Crippen molar-refractivity contribution in [2.24, 2.45) is 5.92 Å². The number of carbonyl (C=O) groups is 1. The molecule has 1 atom stereocenters. The van der Waals surface area contributed by atoms with E-state index in [0.29, 0.717) is 6.42 Å². The summed E-state index contributed by atoms with van der Waals surface area (Å²) in [5, 5.41) is 0. The third kappa shape index (κ3) is 9.41. The Hall–Kier alpha value is -0.620. The first kappa shape index (κ1) is 17.4. The molecule has 0 N–H and O–H groups in total. The molecule has 0 amide bonds. The van der Waals surface area contributed by atoms with E-state index in [1.165, 1.54) is 0 Å². The number of ether oxygens (including phenoxy) is 1. The van der Waals surface area contributed by atoms with Crippen LogP contribution in [-0.2, 0) is 19.6 Å². The predicted molar refractivity (Wildman–Crippen MR) is 68.1 cm³/mol. The van der Waals surface area contributed by atoms with E-state index in [0.717, 1.165) is 25.7 Å². The van der Waals surface area contributed by atoms with E-state index in [-0.39, 0.29) is 24.9 Å². The highest BCUT2D eigenvalue weighted by atomic mass is 32.2. The topological polar surface area (TPSA) is 83.5 Å². The van der Waals surface area contributed by atoms with Gasteiger partial charge in [-0.05, 0) is 25.7 Å². The molecule has 0 bridgehead atoms. The van der Waals surface area contributed by atoms with Gasteiger partial charge in [0.15, 0.2) is 0 Å². The zero-order valence-electron chi connectivity index (χ0n) is 11.2. The van der Waals surface area contributed by atoms with Gasteiger partial charge in [0, 0.05) is 5.75 Å². The average molecular weight is 279 g/mol. The molecule has 0 aliphatic rings. The molecule has 5 nitrogen and oxygen atoms in total. The standard InChI is InChI=1S/C12H24O5S/c1-3-5-8-11(4-2)12(13)17-9-6-7-10-18(14,15)16/h11H,3-10H2,1-2H3,(H,14,15,16)/p-1. The largest absolute Gasteiger partial charge is 0.748 e. The Balaban J connectivity index is 3.74. The first-order valence-corrected chi connectivity index (χ1v) is 8.08. The van der Waals surface area contributed by atoms with Gasteiger partial charge >= 0.3 is 5.97 Å². The van der Waals surface area contributed by atoms with Gasteiger partial charge in [0.25, 0.3) is 0 Å². The van der Waals surface area contributed by atoms with Crippen molar-refractivity contribution in [3.8, 4) is 0 Å². The Morgan fingerprint density at radius 1 is 1.22 bits per heavy atom. The molecule has 0 saturated heterocycles. The molecule has 0 heterocycles. The molecule has 0 aliphatic carbocycles. The summed E-state index contributed by atoms with van der Waals surface area (Å²) in [6.07, 6.45) is 4.30. The number of hydrogen-bond acceptors (Lipinski definition) is 5. The summed E-state index contributed by atoms with van der Waals surface area (Å²) in [6.45, 7) is 4.21. The minimum Gasteiger partial charge on any atom is -0.748 e. The summed E-state index contributed by atoms with van der Waals surface area (Å²) >= 11 is 0. The van der Waals surface area contributed by atoms with E-state index >= 15 is 0 Å². The van der Waals surface area contributed by atoms with Gasteiger partial charge in [0.1, 0.15) is 0 Å². The van der Waals surface area contributed by atoms with Crippen LogP contribution in [0.1, 0.15) is 52.4 Å². The van der Waals surface area contributed by atoms with Crippen LogP contribution in [0, 0.1) is 5.92 Å². The van der Waals surface area contributed by atoms with Gasteiger partial charge in [-0.2, -0.15) is 0 Å². The molecule has 0 saturated carbocycles. The second kappa shape index (κ2) is 9.33. The molecule has 0 aliphatic heterocycles. The number of esters is 1. The van der Waals surface area contributed by atoms with E-state index in [4.69, 9.17) is 4.74 Å². The fourth-order valence-corrected chi connectivity index (χ4v) is 2.17. The molecular weight excluding hydrogens is 256 g/mol. The Morgan fingerprint density at radius 2 is 1.89 bits per heavy atom. The van der Waals surface area contributed by atoms with Crippen LogP contribution < -0.4 is 0 Å². The van der Waals surface area contributed by atoms with Crippen LogP contribution in [0.5, 0.6) is 0 Å². The molecule has 6 heteroatoms. The van der Waals surface area contributed by atoms with Crippen molar-refractivity contribution in [3.05, 3.63) is 0 Å². The van der Waals surface area contributed by atoms with Gasteiger partial charge in [0.05, 0.1) is 22.6 Å². The van der Waals surface area contributed by atoms with Crippen LogP contribution in [0.3, 0.4) is 0 Å². The van der Waals surface area contributed by atoms with Crippen molar-refractivity contribution < 1.29 is 22.5 Å². The zero-order valence-corrected chi connectivity index (χ0v) is 12.0. The Morgan fingerprint density at radius 3 is 2.39 bits per heavy atom. The summed E-state index contributed by atoms with van der Waals surface area (Å²) in [6, 6.07) is 0. The fourth-order valence-electron chi connectivity index (χ4n) is 1.61. The lowest BCUT2D eigenvalue weighted by Crippen LogP contribution is -2.18. The minimum atomic E-state index is -4.15. The second-order valence-electron chi connectivity index (χ2n) is 4.38. The summed E-state index contributed by atoms with van der Waals surface area (Å²) in [5.74, 6) is -0.665. The molecule has 108 valence electrons. The molecule has 18 heavy (non-hydrogen) atoms. The van der Waals surface area contributed by atoms with Crippen molar-refractivity contribution in [2.75, 3.05) is 12.4 Å². The Kier molecular flexibility index (Phi) is 9.01. The summed E-state index contributed by atoms with van der Waals surface area (Å²) < 4.78 is 36.1. The normalized spacial score (nSPS) is 13.3. The van der Waals surface area contributed by atoms with Crippen molar-refractivity contribution in [1.29, 1.82) is 0 Å². The monoisotopic (exact) mass is 279 g/mol. The van der Waals surface area contributed by atoms with Crippen molar-refractivity contribution in [2.45, 2.75) is 52.4 Å². The third-order valence-corrected chi connectivity index (χ3v) is 3.55. The third-order valence-electron chi connectivity index (χ3n) is 2.77. The van der Waals surface area contributed by atoms with Crippen LogP contribution in [-0.4, -0.2) is 31.3 Å². The number of unbranched alkanes of at least 4 members (excludes halogenated alkanes) is 2. The number of carbonyl (C=O) groups excluding carboxylic acids is 1. The highest BCUT2D eigenvalue weighted by molar-refractivity contribution is 7.85. The SMILES string of the molecule is CCCCC(CC)C(=O)OCCCCS(=O)(=O)[O-]. The van der Waals surface area contributed by atoms with E-state index < -0.39 is 15.9 Å². The van der Waals surface area contributed by atoms with Crippen LogP contribution >= 0.6 is 0 Å². The Bertz CT molecular complexity index is 323. The number of rotatable bonds is 10. The maximum absolute atomic E-state index is 11.6.